The first-order chi connectivity index (χ1) is 13.7. The van der Waals surface area contributed by atoms with Gasteiger partial charge in [0.1, 0.15) is 5.75 Å². The molecule has 0 spiro atoms. The number of unbranched alkanes of at least 4 members (excludes halogenated alkanes) is 6. The van der Waals surface area contributed by atoms with Gasteiger partial charge in [-0.05, 0) is 43.4 Å². The quantitative estimate of drug-likeness (QED) is 0.323. The summed E-state index contributed by atoms with van der Waals surface area (Å²) in [7, 11) is 0. The molecule has 1 aromatic heterocycles. The molecule has 1 aromatic carbocycles. The monoisotopic (exact) mass is 382 g/mol. The van der Waals surface area contributed by atoms with Crippen LogP contribution in [0.4, 0.5) is 0 Å². The van der Waals surface area contributed by atoms with E-state index in [4.69, 9.17) is 9.72 Å². The molecule has 0 fully saturated rings. The largest absolute Gasteiger partial charge is 0.493 e. The predicted molar refractivity (Wildman–Crippen MR) is 119 cm³/mol. The van der Waals surface area contributed by atoms with Crippen LogP contribution >= 0.6 is 0 Å². The summed E-state index contributed by atoms with van der Waals surface area (Å²) in [6.45, 7) is 7.50. The maximum Gasteiger partial charge on any atom is 0.163 e. The molecule has 1 unspecified atom stereocenters. The Hall–Kier alpha value is -1.90. The van der Waals surface area contributed by atoms with Crippen molar-refractivity contribution in [3.63, 3.8) is 0 Å². The van der Waals surface area contributed by atoms with Gasteiger partial charge in [0.05, 0.1) is 12.2 Å². The summed E-state index contributed by atoms with van der Waals surface area (Å²) < 4.78 is 6.07. The second kappa shape index (κ2) is 13.3. The molecule has 0 bridgehead atoms. The van der Waals surface area contributed by atoms with Crippen molar-refractivity contribution >= 4 is 0 Å². The van der Waals surface area contributed by atoms with Crippen molar-refractivity contribution in [2.24, 2.45) is 5.92 Å². The van der Waals surface area contributed by atoms with Gasteiger partial charge < -0.3 is 4.74 Å². The highest BCUT2D eigenvalue weighted by Crippen LogP contribution is 2.27. The molecular weight excluding hydrogens is 344 g/mol. The lowest BCUT2D eigenvalue weighted by Gasteiger charge is -2.13. The number of ether oxygens (including phenoxy) is 1. The minimum Gasteiger partial charge on any atom is -0.493 e. The molecule has 0 radical (unpaired) electrons. The summed E-state index contributed by atoms with van der Waals surface area (Å²) in [5.74, 6) is 2.35. The number of hydrogen-bond donors (Lipinski definition) is 0. The Bertz CT molecular complexity index is 671. The van der Waals surface area contributed by atoms with Crippen molar-refractivity contribution in [1.29, 1.82) is 0 Å². The van der Waals surface area contributed by atoms with E-state index >= 15 is 0 Å². The van der Waals surface area contributed by atoms with E-state index in [-0.39, 0.29) is 0 Å². The van der Waals surface area contributed by atoms with E-state index in [0.29, 0.717) is 5.92 Å². The lowest BCUT2D eigenvalue weighted by atomic mass is 10.1. The van der Waals surface area contributed by atoms with Gasteiger partial charge in [0.25, 0.3) is 0 Å². The molecule has 0 saturated heterocycles. The average Bonchev–Trinajstić information content (AvgIpc) is 2.73. The van der Waals surface area contributed by atoms with Gasteiger partial charge in [0, 0.05) is 11.9 Å². The predicted octanol–water partition coefficient (Wildman–Crippen LogP) is 7.25. The van der Waals surface area contributed by atoms with Crippen LogP contribution in [0.25, 0.3) is 11.4 Å². The van der Waals surface area contributed by atoms with Crippen LogP contribution in [-0.2, 0) is 6.42 Å². The maximum atomic E-state index is 6.07. The number of aromatic nitrogens is 2. The van der Waals surface area contributed by atoms with E-state index in [1.807, 2.05) is 30.5 Å². The zero-order valence-electron chi connectivity index (χ0n) is 18.1. The van der Waals surface area contributed by atoms with Gasteiger partial charge in [-0.2, -0.15) is 0 Å². The Morgan fingerprint density at radius 3 is 2.46 bits per heavy atom. The Morgan fingerprint density at radius 1 is 0.929 bits per heavy atom. The molecule has 3 heteroatoms. The minimum absolute atomic E-state index is 0.689. The smallest absolute Gasteiger partial charge is 0.163 e. The third kappa shape index (κ3) is 8.00. The van der Waals surface area contributed by atoms with Crippen molar-refractivity contribution in [2.45, 2.75) is 85.0 Å². The van der Waals surface area contributed by atoms with Crippen LogP contribution in [0.5, 0.6) is 5.75 Å². The van der Waals surface area contributed by atoms with E-state index in [1.54, 1.807) is 0 Å². The Kier molecular flexibility index (Phi) is 10.6. The first-order valence-electron chi connectivity index (χ1n) is 11.3. The molecule has 2 rings (SSSR count). The van der Waals surface area contributed by atoms with Gasteiger partial charge in [-0.25, -0.2) is 9.97 Å². The van der Waals surface area contributed by atoms with Gasteiger partial charge in [-0.1, -0.05) is 77.8 Å². The van der Waals surface area contributed by atoms with Crippen molar-refractivity contribution in [2.75, 3.05) is 6.61 Å². The van der Waals surface area contributed by atoms with Gasteiger partial charge in [0.2, 0.25) is 0 Å². The van der Waals surface area contributed by atoms with Gasteiger partial charge in [-0.3, -0.25) is 0 Å². The topological polar surface area (TPSA) is 35.0 Å². The zero-order valence-corrected chi connectivity index (χ0v) is 18.1. The fourth-order valence-electron chi connectivity index (χ4n) is 3.28. The summed E-state index contributed by atoms with van der Waals surface area (Å²) in [4.78, 5) is 9.34. The second-order valence-corrected chi connectivity index (χ2v) is 7.89. The summed E-state index contributed by atoms with van der Waals surface area (Å²) >= 11 is 0. The molecule has 2 aromatic rings. The number of nitrogens with zero attached hydrogens (tertiary/aromatic N) is 2. The second-order valence-electron chi connectivity index (χ2n) is 7.89. The highest BCUT2D eigenvalue weighted by molar-refractivity contribution is 5.63. The maximum absolute atomic E-state index is 6.07. The average molecular weight is 383 g/mol. The van der Waals surface area contributed by atoms with E-state index in [1.165, 1.54) is 51.4 Å². The van der Waals surface area contributed by atoms with Gasteiger partial charge in [0.15, 0.2) is 5.82 Å². The summed E-state index contributed by atoms with van der Waals surface area (Å²) in [6.07, 6.45) is 14.4. The van der Waals surface area contributed by atoms with E-state index in [9.17, 15) is 0 Å². The number of rotatable bonds is 14. The number of aryl methyl sites for hydroxylation is 1. The molecule has 0 amide bonds. The van der Waals surface area contributed by atoms with Gasteiger partial charge >= 0.3 is 0 Å². The van der Waals surface area contributed by atoms with Crippen molar-refractivity contribution in [3.05, 3.63) is 42.2 Å². The number of para-hydroxylation sites is 1. The number of hydrogen-bond acceptors (Lipinski definition) is 3. The van der Waals surface area contributed by atoms with Crippen LogP contribution in [0.3, 0.4) is 0 Å². The van der Waals surface area contributed by atoms with E-state index in [0.717, 1.165) is 42.3 Å². The SMILES string of the molecule is CCCCCCCCCc1ccnc(-c2ccccc2OCCC(C)CC)n1. The fraction of sp³-hybridized carbons (Fsp3) is 0.600. The Balaban J connectivity index is 1.90. The van der Waals surface area contributed by atoms with Crippen LogP contribution in [0.2, 0.25) is 0 Å². The molecule has 1 atom stereocenters. The zero-order chi connectivity index (χ0) is 20.0. The minimum atomic E-state index is 0.689. The van der Waals surface area contributed by atoms with Crippen LogP contribution in [-0.4, -0.2) is 16.6 Å². The molecule has 3 nitrogen and oxygen atoms in total. The van der Waals surface area contributed by atoms with Crippen LogP contribution in [0, 0.1) is 5.92 Å². The number of benzene rings is 1. The first kappa shape index (κ1) is 22.4. The third-order valence-corrected chi connectivity index (χ3v) is 5.44. The van der Waals surface area contributed by atoms with E-state index < -0.39 is 0 Å². The normalized spacial score (nSPS) is 12.1. The molecule has 28 heavy (non-hydrogen) atoms. The van der Waals surface area contributed by atoms with Crippen molar-refractivity contribution < 1.29 is 4.74 Å². The Labute approximate surface area is 172 Å². The van der Waals surface area contributed by atoms with Crippen LogP contribution in [0.1, 0.15) is 84.3 Å². The molecule has 154 valence electrons. The fourth-order valence-corrected chi connectivity index (χ4v) is 3.28. The molecule has 0 aliphatic carbocycles. The molecule has 0 aliphatic rings. The van der Waals surface area contributed by atoms with E-state index in [2.05, 4.69) is 31.8 Å². The third-order valence-electron chi connectivity index (χ3n) is 5.44. The lowest BCUT2D eigenvalue weighted by molar-refractivity contribution is 0.282. The highest BCUT2D eigenvalue weighted by Gasteiger charge is 2.10. The van der Waals surface area contributed by atoms with Crippen molar-refractivity contribution in [1.82, 2.24) is 9.97 Å². The van der Waals surface area contributed by atoms with Crippen LogP contribution < -0.4 is 4.74 Å². The van der Waals surface area contributed by atoms with Crippen LogP contribution in [0.15, 0.2) is 36.5 Å². The molecule has 1 heterocycles. The lowest BCUT2D eigenvalue weighted by Crippen LogP contribution is -2.04. The molecule has 0 aliphatic heterocycles. The summed E-state index contributed by atoms with van der Waals surface area (Å²) in [5, 5.41) is 0. The van der Waals surface area contributed by atoms with Crippen molar-refractivity contribution in [3.8, 4) is 17.1 Å². The standard InChI is InChI=1S/C25H38N2O/c1-4-6-7-8-9-10-11-14-22-17-19-26-25(27-22)23-15-12-13-16-24(23)28-20-18-21(3)5-2/h12-13,15-17,19,21H,4-11,14,18,20H2,1-3H3. The summed E-state index contributed by atoms with van der Waals surface area (Å²) in [5.41, 5.74) is 2.13. The highest BCUT2D eigenvalue weighted by atomic mass is 16.5. The van der Waals surface area contributed by atoms with Gasteiger partial charge in [-0.15, -0.1) is 0 Å². The molecule has 0 N–H and O–H groups in total. The Morgan fingerprint density at radius 2 is 1.68 bits per heavy atom. The molecule has 0 saturated carbocycles. The summed E-state index contributed by atoms with van der Waals surface area (Å²) in [6, 6.07) is 10.2. The molecular formula is C25H38N2O. The first-order valence-corrected chi connectivity index (χ1v) is 11.3.